The Kier molecular flexibility index (Phi) is 17.7. The van der Waals surface area contributed by atoms with Crippen molar-refractivity contribution in [3.8, 4) is 0 Å². The van der Waals surface area contributed by atoms with Gasteiger partial charge < -0.3 is 21.5 Å². The van der Waals surface area contributed by atoms with Gasteiger partial charge in [-0.25, -0.2) is 0 Å². The van der Waals surface area contributed by atoms with Gasteiger partial charge in [0, 0.05) is 12.6 Å². The Morgan fingerprint density at radius 1 is 1.07 bits per heavy atom. The van der Waals surface area contributed by atoms with Crippen molar-refractivity contribution in [1.82, 2.24) is 5.32 Å². The Hall–Kier alpha value is -2.50. The van der Waals surface area contributed by atoms with E-state index in [4.69, 9.17) is 16.2 Å². The second kappa shape index (κ2) is 17.9. The number of rotatable bonds is 11. The number of esters is 1. The number of hydrogen-bond donors (Lipinski definition) is 3. The summed E-state index contributed by atoms with van der Waals surface area (Å²) in [7, 11) is 0. The quantitative estimate of drug-likeness (QED) is 0.277. The predicted molar refractivity (Wildman–Crippen MR) is 117 cm³/mol. The molecule has 0 aliphatic heterocycles. The van der Waals surface area contributed by atoms with Crippen LogP contribution in [0, 0.1) is 0 Å². The van der Waals surface area contributed by atoms with Crippen LogP contribution in [0.1, 0.15) is 73.6 Å². The first-order valence-corrected chi connectivity index (χ1v) is 10.0. The van der Waals surface area contributed by atoms with Crippen LogP contribution < -0.4 is 16.8 Å². The third-order valence-electron chi connectivity index (χ3n) is 3.58. The zero-order valence-electron chi connectivity index (χ0n) is 18.4. The average molecular weight is 394 g/mol. The van der Waals surface area contributed by atoms with E-state index in [2.05, 4.69) is 12.2 Å². The Bertz CT molecular complexity index is 576. The van der Waals surface area contributed by atoms with Gasteiger partial charge in [-0.15, -0.1) is 0 Å². The second-order valence-corrected chi connectivity index (χ2v) is 5.94. The molecule has 6 heteroatoms. The molecule has 5 N–H and O–H groups in total. The predicted octanol–water partition coefficient (Wildman–Crippen LogP) is 4.20. The molecule has 0 aromatic rings. The molecule has 28 heavy (non-hydrogen) atoms. The van der Waals surface area contributed by atoms with Crippen LogP contribution in [0.5, 0.6) is 0 Å². The maximum Gasteiger partial charge on any atom is 0.303 e. The number of hydrogen-bond acceptors (Lipinski definition) is 5. The number of ether oxygens (including phenoxy) is 1. The Balaban J connectivity index is 0. The number of nitrogens with one attached hydrogen (secondary N) is 1. The number of carbonyl (C=O) groups is 2. The second-order valence-electron chi connectivity index (χ2n) is 5.94. The summed E-state index contributed by atoms with van der Waals surface area (Å²) in [5.41, 5.74) is 13.0. The highest BCUT2D eigenvalue weighted by atomic mass is 16.5. The molecule has 0 fully saturated rings. The zero-order chi connectivity index (χ0) is 21.9. The molecule has 0 bridgehead atoms. The molecule has 0 saturated heterocycles. The van der Waals surface area contributed by atoms with E-state index >= 15 is 0 Å². The lowest BCUT2D eigenvalue weighted by Crippen LogP contribution is -2.39. The molecular formula is C22H39N3O3. The van der Waals surface area contributed by atoms with Gasteiger partial charge in [0.15, 0.2) is 0 Å². The van der Waals surface area contributed by atoms with E-state index in [9.17, 15) is 9.59 Å². The number of nitrogens with two attached hydrogens (primary N) is 2. The first-order chi connectivity index (χ1) is 13.3. The van der Waals surface area contributed by atoms with Gasteiger partial charge in [-0.2, -0.15) is 0 Å². The Morgan fingerprint density at radius 2 is 1.71 bits per heavy atom. The largest absolute Gasteiger partial charge is 0.447 e. The van der Waals surface area contributed by atoms with Crippen LogP contribution in [0.15, 0.2) is 47.5 Å². The van der Waals surface area contributed by atoms with Crippen molar-refractivity contribution in [2.45, 2.75) is 79.8 Å². The molecule has 0 aliphatic carbocycles. The van der Waals surface area contributed by atoms with E-state index in [-0.39, 0.29) is 5.82 Å². The summed E-state index contributed by atoms with van der Waals surface area (Å²) in [6.45, 7) is 11.0. The molecule has 6 nitrogen and oxygen atoms in total. The van der Waals surface area contributed by atoms with E-state index in [0.717, 1.165) is 19.3 Å². The number of carbonyl (C=O) groups excluding carboxylic acids is 2. The summed E-state index contributed by atoms with van der Waals surface area (Å²) >= 11 is 0. The van der Waals surface area contributed by atoms with Crippen LogP contribution in [0.4, 0.5) is 0 Å². The van der Waals surface area contributed by atoms with Crippen molar-refractivity contribution in [1.29, 1.82) is 0 Å². The first-order valence-electron chi connectivity index (χ1n) is 10.0. The molecule has 0 radical (unpaired) electrons. The molecule has 1 unspecified atom stereocenters. The summed E-state index contributed by atoms with van der Waals surface area (Å²) in [5, 5.41) is 2.54. The fraction of sp³-hybridized carbons (Fsp3) is 0.545. The monoisotopic (exact) mass is 393 g/mol. The van der Waals surface area contributed by atoms with Crippen molar-refractivity contribution in [3.05, 3.63) is 47.5 Å². The van der Waals surface area contributed by atoms with Crippen molar-refractivity contribution in [2.75, 3.05) is 0 Å². The van der Waals surface area contributed by atoms with Gasteiger partial charge in [0.05, 0.1) is 0 Å². The summed E-state index contributed by atoms with van der Waals surface area (Å²) in [6, 6.07) is 0. The zero-order valence-corrected chi connectivity index (χ0v) is 18.4. The van der Waals surface area contributed by atoms with Crippen LogP contribution in [0.3, 0.4) is 0 Å². The van der Waals surface area contributed by atoms with Crippen LogP contribution in [0.2, 0.25) is 0 Å². The summed E-state index contributed by atoms with van der Waals surface area (Å²) < 4.78 is 5.13. The molecule has 0 aromatic carbocycles. The minimum absolute atomic E-state index is 0.139. The summed E-state index contributed by atoms with van der Waals surface area (Å²) in [4.78, 5) is 23.7. The van der Waals surface area contributed by atoms with Crippen LogP contribution >= 0.6 is 0 Å². The number of unbranched alkanes of at least 4 members (excludes halogenated alkanes) is 3. The third-order valence-corrected chi connectivity index (χ3v) is 3.58. The molecule has 0 spiro atoms. The molecule has 0 aromatic heterocycles. The van der Waals surface area contributed by atoms with Crippen molar-refractivity contribution < 1.29 is 14.3 Å². The van der Waals surface area contributed by atoms with Crippen molar-refractivity contribution >= 4 is 11.9 Å². The van der Waals surface area contributed by atoms with E-state index in [1.807, 2.05) is 20.8 Å². The topological polar surface area (TPSA) is 107 Å². The highest BCUT2D eigenvalue weighted by molar-refractivity contribution is 5.88. The molecule has 0 saturated carbocycles. The molecule has 0 rings (SSSR count). The van der Waals surface area contributed by atoms with Gasteiger partial charge in [-0.1, -0.05) is 58.3 Å². The molecule has 1 amide bonds. The van der Waals surface area contributed by atoms with Gasteiger partial charge in [0.25, 0.3) is 5.91 Å². The first kappa shape index (κ1) is 27.7. The van der Waals surface area contributed by atoms with Gasteiger partial charge in [-0.05, 0) is 44.4 Å². The highest BCUT2D eigenvalue weighted by Gasteiger charge is 2.24. The minimum atomic E-state index is -1.06. The van der Waals surface area contributed by atoms with Crippen LogP contribution in [0.25, 0.3) is 0 Å². The van der Waals surface area contributed by atoms with Gasteiger partial charge in [0.2, 0.25) is 6.10 Å². The molecular weight excluding hydrogens is 354 g/mol. The number of allylic oxidation sites excluding steroid dienone is 5. The van der Waals surface area contributed by atoms with E-state index in [0.29, 0.717) is 11.3 Å². The Labute approximate surface area is 170 Å². The van der Waals surface area contributed by atoms with Crippen LogP contribution in [-0.2, 0) is 14.3 Å². The maximum atomic E-state index is 12.4. The van der Waals surface area contributed by atoms with Gasteiger partial charge in [-0.3, -0.25) is 9.59 Å². The van der Waals surface area contributed by atoms with E-state index in [1.54, 1.807) is 37.3 Å². The average Bonchev–Trinajstić information content (AvgIpc) is 2.67. The van der Waals surface area contributed by atoms with Gasteiger partial charge >= 0.3 is 5.97 Å². The molecule has 1 atom stereocenters. The molecule has 160 valence electrons. The van der Waals surface area contributed by atoms with E-state index < -0.39 is 18.0 Å². The highest BCUT2D eigenvalue weighted by Crippen LogP contribution is 2.11. The third kappa shape index (κ3) is 13.7. The molecule has 0 heterocycles. The van der Waals surface area contributed by atoms with Crippen molar-refractivity contribution in [2.24, 2.45) is 11.5 Å². The lowest BCUT2D eigenvalue weighted by molar-refractivity contribution is -0.151. The lowest BCUT2D eigenvalue weighted by atomic mass is 10.1. The van der Waals surface area contributed by atoms with Gasteiger partial charge in [0.1, 0.15) is 5.82 Å². The van der Waals surface area contributed by atoms with Crippen molar-refractivity contribution in [3.63, 3.8) is 0 Å². The standard InChI is InChI=1S/C20H33N3O3.C2H6/c1-5-8-9-10-12-17(21)13-14-18(22)23-20(25)19(26-15(4)24)16(7-3)11-6-2;1-2/h6-7,11,13-14,19H,5,8-10,12,21-22H2,1-4H3,(H,23,25);1-2H3/b11-6-,16-7+,17-13-,18-14+;. The molecule has 0 aliphatic rings. The van der Waals surface area contributed by atoms with E-state index in [1.165, 1.54) is 19.8 Å². The normalized spacial score (nSPS) is 13.6. The fourth-order valence-electron chi connectivity index (χ4n) is 2.25. The summed E-state index contributed by atoms with van der Waals surface area (Å²) in [6.07, 6.45) is 12.7. The SMILES string of the molecule is C/C=C\C(=C/C)C(OC(C)=O)C(=O)N/C(N)=C/C=C(\N)CCCCCC.CC. The lowest BCUT2D eigenvalue weighted by Gasteiger charge is -2.18. The number of amides is 1. The maximum absolute atomic E-state index is 12.4. The summed E-state index contributed by atoms with van der Waals surface area (Å²) in [5.74, 6) is -0.928. The minimum Gasteiger partial charge on any atom is -0.447 e. The fourth-order valence-corrected chi connectivity index (χ4v) is 2.25. The Morgan fingerprint density at radius 3 is 2.21 bits per heavy atom. The van der Waals surface area contributed by atoms with Crippen LogP contribution in [-0.4, -0.2) is 18.0 Å². The smallest absolute Gasteiger partial charge is 0.303 e.